The highest BCUT2D eigenvalue weighted by molar-refractivity contribution is 5.85. The van der Waals surface area contributed by atoms with Gasteiger partial charge < -0.3 is 10.5 Å². The van der Waals surface area contributed by atoms with Crippen molar-refractivity contribution in [3.8, 4) is 17.1 Å². The van der Waals surface area contributed by atoms with Gasteiger partial charge in [-0.15, -0.1) is 17.5 Å². The molecule has 108 valence electrons. The molecule has 0 saturated heterocycles. The van der Waals surface area contributed by atoms with Crippen molar-refractivity contribution < 1.29 is 9.13 Å². The third-order valence-electron chi connectivity index (χ3n) is 2.57. The van der Waals surface area contributed by atoms with Crippen LogP contribution in [0.5, 0.6) is 5.75 Å². The van der Waals surface area contributed by atoms with Gasteiger partial charge in [0.15, 0.2) is 5.82 Å². The molecule has 1 aromatic carbocycles. The highest BCUT2D eigenvalue weighted by atomic mass is 35.5. The Morgan fingerprint density at radius 1 is 1.40 bits per heavy atom. The van der Waals surface area contributed by atoms with Gasteiger partial charge in [-0.05, 0) is 34.7 Å². The third-order valence-corrected chi connectivity index (χ3v) is 2.57. The highest BCUT2D eigenvalue weighted by Gasteiger charge is 2.05. The number of aromatic nitrogens is 4. The lowest BCUT2D eigenvalue weighted by Gasteiger charge is -2.07. The van der Waals surface area contributed by atoms with Crippen molar-refractivity contribution in [3.63, 3.8) is 0 Å². The van der Waals surface area contributed by atoms with Gasteiger partial charge >= 0.3 is 0 Å². The van der Waals surface area contributed by atoms with E-state index in [2.05, 4.69) is 15.5 Å². The molecule has 2 N–H and O–H groups in total. The predicted octanol–water partition coefficient (Wildman–Crippen LogP) is 1.49. The molecule has 1 heterocycles. The lowest BCUT2D eigenvalue weighted by atomic mass is 10.2. The van der Waals surface area contributed by atoms with Gasteiger partial charge in [0.25, 0.3) is 0 Å². The van der Waals surface area contributed by atoms with Crippen LogP contribution < -0.4 is 10.5 Å². The minimum absolute atomic E-state index is 0. The van der Waals surface area contributed by atoms with E-state index in [1.807, 2.05) is 12.1 Å². The first kappa shape index (κ1) is 16.1. The van der Waals surface area contributed by atoms with E-state index in [9.17, 15) is 4.39 Å². The molecule has 0 saturated carbocycles. The topological polar surface area (TPSA) is 78.8 Å². The average molecular weight is 300 g/mol. The number of ether oxygens (including phenoxy) is 1. The summed E-state index contributed by atoms with van der Waals surface area (Å²) >= 11 is 0. The quantitative estimate of drug-likeness (QED) is 0.905. The molecule has 2 aromatic rings. The van der Waals surface area contributed by atoms with Gasteiger partial charge in [0.2, 0.25) is 0 Å². The Bertz CT molecular complexity index is 569. The van der Waals surface area contributed by atoms with E-state index in [1.165, 1.54) is 0 Å². The van der Waals surface area contributed by atoms with Crippen LogP contribution in [0.4, 0.5) is 4.39 Å². The normalized spacial score (nSPS) is 11.1. The molecule has 0 atom stereocenters. The molecule has 0 fully saturated rings. The molecule has 0 aliphatic heterocycles. The van der Waals surface area contributed by atoms with E-state index in [0.717, 1.165) is 5.56 Å². The zero-order chi connectivity index (χ0) is 13.7. The van der Waals surface area contributed by atoms with Crippen molar-refractivity contribution in [3.05, 3.63) is 36.2 Å². The number of benzene rings is 1. The monoisotopic (exact) mass is 299 g/mol. The molecule has 0 aliphatic rings. The number of halogens is 2. The van der Waals surface area contributed by atoms with Crippen molar-refractivity contribution in [1.29, 1.82) is 0 Å². The van der Waals surface area contributed by atoms with E-state index >= 15 is 0 Å². The van der Waals surface area contributed by atoms with Crippen molar-refractivity contribution in [2.24, 2.45) is 12.8 Å². The van der Waals surface area contributed by atoms with Crippen LogP contribution in [0.15, 0.2) is 36.2 Å². The van der Waals surface area contributed by atoms with E-state index in [0.29, 0.717) is 23.5 Å². The molecule has 8 heteroatoms. The Kier molecular flexibility index (Phi) is 6.08. The van der Waals surface area contributed by atoms with Crippen LogP contribution in [0, 0.1) is 0 Å². The summed E-state index contributed by atoms with van der Waals surface area (Å²) in [7, 11) is 1.76. The molecule has 0 radical (unpaired) electrons. The minimum Gasteiger partial charge on any atom is -0.489 e. The van der Waals surface area contributed by atoms with Crippen molar-refractivity contribution in [1.82, 2.24) is 20.2 Å². The number of nitrogens with zero attached hydrogens (tertiary/aromatic N) is 4. The fraction of sp³-hybridized carbons (Fsp3) is 0.250. The lowest BCUT2D eigenvalue weighted by Crippen LogP contribution is -2.10. The van der Waals surface area contributed by atoms with Crippen LogP contribution in [0.2, 0.25) is 0 Å². The predicted molar refractivity (Wildman–Crippen MR) is 75.2 cm³/mol. The van der Waals surface area contributed by atoms with Gasteiger partial charge in [0.1, 0.15) is 12.4 Å². The van der Waals surface area contributed by atoms with Gasteiger partial charge in [-0.3, -0.25) is 0 Å². The van der Waals surface area contributed by atoms with Crippen LogP contribution in [-0.2, 0) is 7.05 Å². The van der Waals surface area contributed by atoms with Crippen LogP contribution in [0.25, 0.3) is 11.4 Å². The number of tetrazole rings is 1. The Morgan fingerprint density at radius 3 is 2.60 bits per heavy atom. The SMILES string of the molecule is Cl.Cn1nnnc1-c1ccc(OC/C(=C/F)CN)cc1. The summed E-state index contributed by atoms with van der Waals surface area (Å²) < 4.78 is 19.3. The summed E-state index contributed by atoms with van der Waals surface area (Å²) in [5.74, 6) is 1.30. The Labute approximate surface area is 121 Å². The second kappa shape index (κ2) is 7.56. The first-order valence-corrected chi connectivity index (χ1v) is 5.68. The van der Waals surface area contributed by atoms with Crippen LogP contribution >= 0.6 is 12.4 Å². The van der Waals surface area contributed by atoms with Crippen LogP contribution in [-0.4, -0.2) is 33.4 Å². The van der Waals surface area contributed by atoms with Crippen molar-refractivity contribution >= 4 is 12.4 Å². The Morgan fingerprint density at radius 2 is 2.10 bits per heavy atom. The van der Waals surface area contributed by atoms with Crippen LogP contribution in [0.1, 0.15) is 0 Å². The second-order valence-electron chi connectivity index (χ2n) is 3.91. The van der Waals surface area contributed by atoms with E-state index in [1.54, 1.807) is 23.9 Å². The molecular formula is C12H15ClFN5O. The summed E-state index contributed by atoms with van der Waals surface area (Å²) in [6, 6.07) is 7.22. The van der Waals surface area contributed by atoms with E-state index < -0.39 is 0 Å². The average Bonchev–Trinajstić information content (AvgIpc) is 2.87. The largest absolute Gasteiger partial charge is 0.489 e. The van der Waals surface area contributed by atoms with Crippen molar-refractivity contribution in [2.45, 2.75) is 0 Å². The molecule has 6 nitrogen and oxygen atoms in total. The molecular weight excluding hydrogens is 285 g/mol. The van der Waals surface area contributed by atoms with Gasteiger partial charge in [0.05, 0.1) is 6.33 Å². The Hall–Kier alpha value is -1.99. The fourth-order valence-electron chi connectivity index (χ4n) is 1.49. The molecule has 0 unspecified atom stereocenters. The lowest BCUT2D eigenvalue weighted by molar-refractivity contribution is 0.347. The molecule has 0 amide bonds. The zero-order valence-corrected chi connectivity index (χ0v) is 11.7. The van der Waals surface area contributed by atoms with Gasteiger partial charge in [-0.2, -0.15) is 0 Å². The smallest absolute Gasteiger partial charge is 0.181 e. The molecule has 0 bridgehead atoms. The molecule has 2 rings (SSSR count). The Balaban J connectivity index is 0.00000200. The number of rotatable bonds is 5. The van der Waals surface area contributed by atoms with Gasteiger partial charge in [-0.25, -0.2) is 9.07 Å². The fourth-order valence-corrected chi connectivity index (χ4v) is 1.49. The first-order chi connectivity index (χ1) is 9.24. The standard InChI is InChI=1S/C12H14FN5O.ClH/c1-18-12(15-16-17-18)10-2-4-11(5-3-10)19-8-9(6-13)7-14;/h2-6H,7-8,14H2,1H3;1H/b9-6+;. The summed E-state index contributed by atoms with van der Waals surface area (Å²) in [6.45, 7) is 0.275. The maximum absolute atomic E-state index is 12.3. The number of hydrogen-bond donors (Lipinski definition) is 1. The number of aryl methyl sites for hydroxylation is 1. The number of nitrogens with two attached hydrogens (primary N) is 1. The highest BCUT2D eigenvalue weighted by Crippen LogP contribution is 2.19. The van der Waals surface area contributed by atoms with Crippen LogP contribution in [0.3, 0.4) is 0 Å². The molecule has 0 aliphatic carbocycles. The second-order valence-corrected chi connectivity index (χ2v) is 3.91. The third kappa shape index (κ3) is 3.75. The summed E-state index contributed by atoms with van der Waals surface area (Å²) in [5.41, 5.74) is 6.62. The van der Waals surface area contributed by atoms with Gasteiger partial charge in [0, 0.05) is 24.7 Å². The first-order valence-electron chi connectivity index (χ1n) is 5.68. The summed E-state index contributed by atoms with van der Waals surface area (Å²) in [5, 5.41) is 11.2. The maximum atomic E-state index is 12.3. The van der Waals surface area contributed by atoms with Gasteiger partial charge in [-0.1, -0.05) is 0 Å². The summed E-state index contributed by atoms with van der Waals surface area (Å²) in [4.78, 5) is 0. The number of hydrogen-bond acceptors (Lipinski definition) is 5. The van der Waals surface area contributed by atoms with Crippen molar-refractivity contribution in [2.75, 3.05) is 13.2 Å². The zero-order valence-electron chi connectivity index (χ0n) is 10.9. The maximum Gasteiger partial charge on any atom is 0.181 e. The molecule has 1 aromatic heterocycles. The minimum atomic E-state index is 0. The molecule has 20 heavy (non-hydrogen) atoms. The van der Waals surface area contributed by atoms with E-state index in [4.69, 9.17) is 10.5 Å². The molecule has 0 spiro atoms. The summed E-state index contributed by atoms with van der Waals surface area (Å²) in [6.07, 6.45) is 0.472. The van der Waals surface area contributed by atoms with E-state index in [-0.39, 0.29) is 25.6 Å².